The molecule has 1 spiro atoms. The molecule has 3 aliphatic heterocycles. The van der Waals surface area contributed by atoms with Crippen molar-refractivity contribution in [2.24, 2.45) is 11.8 Å². The summed E-state index contributed by atoms with van der Waals surface area (Å²) >= 11 is 0. The molecule has 0 unspecified atom stereocenters. The van der Waals surface area contributed by atoms with Crippen molar-refractivity contribution in [2.75, 3.05) is 11.4 Å². The van der Waals surface area contributed by atoms with Crippen molar-refractivity contribution < 1.29 is 24.4 Å². The van der Waals surface area contributed by atoms with Gasteiger partial charge in [-0.1, -0.05) is 18.2 Å². The van der Waals surface area contributed by atoms with Crippen LogP contribution in [0.25, 0.3) is 0 Å². The summed E-state index contributed by atoms with van der Waals surface area (Å²) in [7, 11) is 0. The maximum Gasteiger partial charge on any atom is 0.310 e. The maximum atomic E-state index is 12.7. The van der Waals surface area contributed by atoms with Gasteiger partial charge in [-0.2, -0.15) is 0 Å². The summed E-state index contributed by atoms with van der Waals surface area (Å²) in [4.78, 5) is 36.0. The third kappa shape index (κ3) is 1.75. The Hall–Kier alpha value is -2.74. The Bertz CT molecular complexity index is 775. The van der Waals surface area contributed by atoms with E-state index in [2.05, 4.69) is 0 Å². The van der Waals surface area contributed by atoms with Crippen LogP contribution in [0.1, 0.15) is 0 Å². The number of nitro benzene ring substituents is 1. The van der Waals surface area contributed by atoms with Crippen LogP contribution in [0, 0.1) is 22.0 Å². The fourth-order valence-corrected chi connectivity index (χ4v) is 3.77. The number of nitro groups is 1. The first-order valence-electron chi connectivity index (χ1n) is 7.09. The van der Waals surface area contributed by atoms with Gasteiger partial charge in [0, 0.05) is 12.1 Å². The number of aliphatic carboxylic acids is 1. The molecule has 3 heterocycles. The van der Waals surface area contributed by atoms with Crippen LogP contribution < -0.4 is 4.90 Å². The Kier molecular flexibility index (Phi) is 2.65. The molecule has 0 radical (unpaired) electrons. The quantitative estimate of drug-likeness (QED) is 0.505. The summed E-state index contributed by atoms with van der Waals surface area (Å²) in [5.74, 6) is -3.16. The van der Waals surface area contributed by atoms with Gasteiger partial charge in [-0.05, 0) is 6.07 Å². The Morgan fingerprint density at radius 3 is 2.96 bits per heavy atom. The highest BCUT2D eigenvalue weighted by Crippen LogP contribution is 2.52. The Labute approximate surface area is 130 Å². The summed E-state index contributed by atoms with van der Waals surface area (Å²) in [5, 5.41) is 20.3. The lowest BCUT2D eigenvalue weighted by molar-refractivity contribution is -0.384. The molecule has 1 N–H and O–H groups in total. The predicted octanol–water partition coefficient (Wildman–Crippen LogP) is 0.966. The fraction of sp³-hybridized carbons (Fsp3) is 0.333. The van der Waals surface area contributed by atoms with Crippen LogP contribution in [0.3, 0.4) is 0 Å². The number of rotatable bonds is 3. The van der Waals surface area contributed by atoms with Gasteiger partial charge in [0.05, 0.1) is 29.2 Å². The number of hydrogen-bond acceptors (Lipinski definition) is 5. The number of anilines is 1. The summed E-state index contributed by atoms with van der Waals surface area (Å²) in [6, 6.07) is 5.73. The van der Waals surface area contributed by atoms with E-state index in [4.69, 9.17) is 4.74 Å². The van der Waals surface area contributed by atoms with Gasteiger partial charge in [0.1, 0.15) is 11.5 Å². The van der Waals surface area contributed by atoms with Crippen LogP contribution in [0.15, 0.2) is 36.4 Å². The Morgan fingerprint density at radius 2 is 2.26 bits per heavy atom. The van der Waals surface area contributed by atoms with E-state index in [0.29, 0.717) is 5.69 Å². The van der Waals surface area contributed by atoms with E-state index in [1.54, 1.807) is 18.2 Å². The summed E-state index contributed by atoms with van der Waals surface area (Å²) in [6.07, 6.45) is 2.84. The zero-order chi connectivity index (χ0) is 16.4. The topological polar surface area (TPSA) is 110 Å². The van der Waals surface area contributed by atoms with Gasteiger partial charge in [-0.15, -0.1) is 0 Å². The number of amides is 1. The minimum atomic E-state index is -1.07. The summed E-state index contributed by atoms with van der Waals surface area (Å²) in [5.41, 5.74) is -0.701. The smallest absolute Gasteiger partial charge is 0.310 e. The highest BCUT2D eigenvalue weighted by molar-refractivity contribution is 6.02. The number of carboxylic acids is 1. The molecular formula is C15H12N2O6. The average Bonchev–Trinajstić information content (AvgIpc) is 3.15. The van der Waals surface area contributed by atoms with E-state index >= 15 is 0 Å². The van der Waals surface area contributed by atoms with E-state index < -0.39 is 34.4 Å². The summed E-state index contributed by atoms with van der Waals surface area (Å²) in [6.45, 7) is 0.161. The second kappa shape index (κ2) is 4.39. The predicted molar refractivity (Wildman–Crippen MR) is 76.8 cm³/mol. The lowest BCUT2D eigenvalue weighted by atomic mass is 9.77. The molecule has 8 heteroatoms. The number of hydrogen-bond donors (Lipinski definition) is 1. The van der Waals surface area contributed by atoms with Crippen LogP contribution >= 0.6 is 0 Å². The number of fused-ring (bicyclic) bond motifs is 1. The number of carbonyl (C=O) groups excluding carboxylic acids is 1. The van der Waals surface area contributed by atoms with Crippen molar-refractivity contribution in [3.05, 3.63) is 46.5 Å². The van der Waals surface area contributed by atoms with Crippen LogP contribution in [0.5, 0.6) is 0 Å². The van der Waals surface area contributed by atoms with Gasteiger partial charge in [-0.25, -0.2) is 0 Å². The first-order valence-corrected chi connectivity index (χ1v) is 7.09. The van der Waals surface area contributed by atoms with Gasteiger partial charge in [0.2, 0.25) is 5.91 Å². The number of nitrogens with zero attached hydrogens (tertiary/aromatic N) is 2. The molecule has 3 aliphatic rings. The average molecular weight is 316 g/mol. The number of non-ortho nitro benzene ring substituents is 1. The molecule has 23 heavy (non-hydrogen) atoms. The molecule has 8 nitrogen and oxygen atoms in total. The molecule has 2 fully saturated rings. The molecule has 0 aromatic heterocycles. The van der Waals surface area contributed by atoms with Gasteiger partial charge in [-0.3, -0.25) is 19.7 Å². The van der Waals surface area contributed by atoms with E-state index in [-0.39, 0.29) is 18.1 Å². The molecular weight excluding hydrogens is 304 g/mol. The molecule has 0 aliphatic carbocycles. The van der Waals surface area contributed by atoms with Crippen molar-refractivity contribution in [1.82, 2.24) is 0 Å². The molecule has 1 aromatic carbocycles. The van der Waals surface area contributed by atoms with Crippen LogP contribution in [-0.2, 0) is 14.3 Å². The zero-order valence-corrected chi connectivity index (χ0v) is 11.8. The van der Waals surface area contributed by atoms with Gasteiger partial charge in [0.15, 0.2) is 0 Å². The molecule has 1 aromatic rings. The highest BCUT2D eigenvalue weighted by atomic mass is 16.6. The zero-order valence-electron chi connectivity index (χ0n) is 11.8. The normalized spacial score (nSPS) is 34.0. The third-order valence-electron chi connectivity index (χ3n) is 4.74. The molecule has 4 rings (SSSR count). The van der Waals surface area contributed by atoms with Crippen molar-refractivity contribution >= 4 is 23.3 Å². The maximum absolute atomic E-state index is 12.7. The minimum absolute atomic E-state index is 0.125. The number of benzene rings is 1. The number of ether oxygens (including phenoxy) is 1. The van der Waals surface area contributed by atoms with Gasteiger partial charge >= 0.3 is 5.97 Å². The molecule has 0 saturated carbocycles. The standard InChI is InChI=1S/C15H12N2O6/c18-13-12-11(14(19)20)10-4-5-15(12,23-10)7-16(13)8-2-1-3-9(6-8)17(21)22/h1-6,10-12H,7H2,(H,19,20)/t10-,11+,12-,15+/m0/s1. The second-order valence-electron chi connectivity index (χ2n) is 5.94. The van der Waals surface area contributed by atoms with Crippen LogP contribution in [0.2, 0.25) is 0 Å². The summed E-state index contributed by atoms with van der Waals surface area (Å²) < 4.78 is 5.77. The first kappa shape index (κ1) is 13.9. The Morgan fingerprint density at radius 1 is 1.48 bits per heavy atom. The largest absolute Gasteiger partial charge is 0.481 e. The number of carboxylic acid groups (broad SMARTS) is 1. The monoisotopic (exact) mass is 316 g/mol. The van der Waals surface area contributed by atoms with E-state index in [1.165, 1.54) is 23.1 Å². The van der Waals surface area contributed by atoms with E-state index in [1.807, 2.05) is 0 Å². The molecule has 4 atom stereocenters. The van der Waals surface area contributed by atoms with Crippen LogP contribution in [0.4, 0.5) is 11.4 Å². The molecule has 118 valence electrons. The van der Waals surface area contributed by atoms with Crippen LogP contribution in [-0.4, -0.2) is 40.2 Å². The van der Waals surface area contributed by atoms with Gasteiger partial charge < -0.3 is 14.7 Å². The van der Waals surface area contributed by atoms with Crippen molar-refractivity contribution in [1.29, 1.82) is 0 Å². The van der Waals surface area contributed by atoms with Gasteiger partial charge in [0.25, 0.3) is 5.69 Å². The molecule has 2 bridgehead atoms. The third-order valence-corrected chi connectivity index (χ3v) is 4.74. The van der Waals surface area contributed by atoms with E-state index in [9.17, 15) is 24.8 Å². The van der Waals surface area contributed by atoms with Crippen molar-refractivity contribution in [2.45, 2.75) is 11.7 Å². The lowest BCUT2D eigenvalue weighted by Gasteiger charge is -2.21. The molecule has 2 saturated heterocycles. The highest BCUT2D eigenvalue weighted by Gasteiger charge is 2.67. The first-order chi connectivity index (χ1) is 10.9. The SMILES string of the molecule is O=C(O)[C@@H]1[C@@H]2C=C[C@]3(CN(c4cccc([N+](=O)[O-])c4)C(=O)[C@H]13)O2. The molecule has 1 amide bonds. The Balaban J connectivity index is 1.73. The van der Waals surface area contributed by atoms with Crippen molar-refractivity contribution in [3.8, 4) is 0 Å². The van der Waals surface area contributed by atoms with E-state index in [0.717, 1.165) is 0 Å². The number of carbonyl (C=O) groups is 2. The van der Waals surface area contributed by atoms with Crippen molar-refractivity contribution in [3.63, 3.8) is 0 Å². The fourth-order valence-electron chi connectivity index (χ4n) is 3.77. The minimum Gasteiger partial charge on any atom is -0.481 e. The lowest BCUT2D eigenvalue weighted by Crippen LogP contribution is -2.39. The second-order valence-corrected chi connectivity index (χ2v) is 5.94.